The van der Waals surface area contributed by atoms with Gasteiger partial charge in [-0.2, -0.15) is 5.26 Å². The van der Waals surface area contributed by atoms with Crippen LogP contribution in [0.2, 0.25) is 0 Å². The Morgan fingerprint density at radius 1 is 1.35 bits per heavy atom. The van der Waals surface area contributed by atoms with Gasteiger partial charge < -0.3 is 20.2 Å². The van der Waals surface area contributed by atoms with Crippen LogP contribution in [0.1, 0.15) is 19.5 Å². The minimum Gasteiger partial charge on any atom is -0.477 e. The second kappa shape index (κ2) is 12.3. The van der Waals surface area contributed by atoms with Crippen molar-refractivity contribution in [3.05, 3.63) is 59.8 Å². The Bertz CT molecular complexity index is 1470. The summed E-state index contributed by atoms with van der Waals surface area (Å²) in [6, 6.07) is 4.72. The first-order valence-corrected chi connectivity index (χ1v) is 13.2. The van der Waals surface area contributed by atoms with E-state index in [1.54, 1.807) is 25.4 Å². The van der Waals surface area contributed by atoms with Crippen LogP contribution in [0.5, 0.6) is 0 Å². The number of nitrogens with zero attached hydrogens (tertiary/aromatic N) is 4. The largest absolute Gasteiger partial charge is 0.477 e. The molecule has 0 aliphatic carbocycles. The van der Waals surface area contributed by atoms with E-state index < -0.39 is 35.1 Å². The molecule has 0 saturated carbocycles. The summed E-state index contributed by atoms with van der Waals surface area (Å²) in [7, 11) is 0. The maximum Gasteiger partial charge on any atom is 0.352 e. The predicted octanol–water partition coefficient (Wildman–Crippen LogP) is 0.731. The van der Waals surface area contributed by atoms with Crippen molar-refractivity contribution < 1.29 is 33.7 Å². The number of oxime groups is 1. The van der Waals surface area contributed by atoms with Gasteiger partial charge in [0.25, 0.3) is 17.7 Å². The van der Waals surface area contributed by atoms with Crippen LogP contribution >= 0.6 is 11.8 Å². The Labute approximate surface area is 233 Å². The molecule has 1 saturated heterocycles. The third-order valence-corrected chi connectivity index (χ3v) is 7.43. The van der Waals surface area contributed by atoms with E-state index in [1.807, 2.05) is 40.5 Å². The van der Waals surface area contributed by atoms with Crippen LogP contribution in [0.3, 0.4) is 0 Å². The summed E-state index contributed by atoms with van der Waals surface area (Å²) >= 11 is 1.39. The molecule has 0 bridgehead atoms. The lowest BCUT2D eigenvalue weighted by molar-refractivity contribution is -0.689. The Morgan fingerprint density at radius 2 is 2.10 bits per heavy atom. The van der Waals surface area contributed by atoms with E-state index in [2.05, 4.69) is 15.5 Å². The molecule has 40 heavy (non-hydrogen) atoms. The number of nitriles is 1. The Balaban J connectivity index is 1.44. The fourth-order valence-electron chi connectivity index (χ4n) is 4.17. The molecule has 0 radical (unpaired) electrons. The SMILES string of the molecule is CCON=C(C)C(=O)NC1C(=O)N2C(C(=O)O)=C(C[n+]3ccc(-c4c[nH]c(/C=C\C(=O)NC#N)c4)cc3)CSC12. The van der Waals surface area contributed by atoms with Crippen LogP contribution in [-0.4, -0.2) is 68.2 Å². The number of carbonyl (C=O) groups excluding carboxylic acids is 3. The zero-order chi connectivity index (χ0) is 28.8. The maximum atomic E-state index is 12.9. The van der Waals surface area contributed by atoms with Gasteiger partial charge in [0, 0.05) is 47.0 Å². The number of aliphatic carboxylic acids is 1. The number of hydrogen-bond acceptors (Lipinski definition) is 8. The van der Waals surface area contributed by atoms with Gasteiger partial charge in [0.15, 0.2) is 25.1 Å². The van der Waals surface area contributed by atoms with Crippen LogP contribution in [0.25, 0.3) is 17.2 Å². The number of hydrogen-bond donors (Lipinski definition) is 4. The summed E-state index contributed by atoms with van der Waals surface area (Å²) in [5.41, 5.74) is 3.00. The van der Waals surface area contributed by atoms with Gasteiger partial charge in [0.1, 0.15) is 29.4 Å². The van der Waals surface area contributed by atoms with Crippen molar-refractivity contribution >= 4 is 47.2 Å². The number of carboxylic acid groups (broad SMARTS) is 1. The van der Waals surface area contributed by atoms with Gasteiger partial charge in [0.2, 0.25) is 0 Å². The fraction of sp³-hybridized carbons (Fsp3) is 0.269. The Kier molecular flexibility index (Phi) is 8.65. The molecule has 13 nitrogen and oxygen atoms in total. The monoisotopic (exact) mass is 564 g/mol. The molecule has 4 rings (SSSR count). The van der Waals surface area contributed by atoms with E-state index in [-0.39, 0.29) is 18.0 Å². The van der Waals surface area contributed by atoms with E-state index in [4.69, 9.17) is 10.1 Å². The lowest BCUT2D eigenvalue weighted by atomic mass is 10.0. The fourth-order valence-corrected chi connectivity index (χ4v) is 5.50. The van der Waals surface area contributed by atoms with E-state index in [0.717, 1.165) is 11.1 Å². The molecule has 4 N–H and O–H groups in total. The molecule has 2 aromatic heterocycles. The molecular formula is C26H26N7O6S+. The highest BCUT2D eigenvalue weighted by molar-refractivity contribution is 8.00. The predicted molar refractivity (Wildman–Crippen MR) is 144 cm³/mol. The summed E-state index contributed by atoms with van der Waals surface area (Å²) < 4.78 is 1.82. The number of aromatic nitrogens is 2. The molecule has 2 aliphatic heterocycles. The highest BCUT2D eigenvalue weighted by Gasteiger charge is 2.54. The molecule has 0 spiro atoms. The van der Waals surface area contributed by atoms with Crippen molar-refractivity contribution in [3.8, 4) is 17.3 Å². The summed E-state index contributed by atoms with van der Waals surface area (Å²) in [6.07, 6.45) is 9.75. The van der Waals surface area contributed by atoms with Crippen LogP contribution in [-0.2, 0) is 30.6 Å². The Hall–Kier alpha value is -4.90. The normalized spacial score (nSPS) is 18.6. The zero-order valence-corrected chi connectivity index (χ0v) is 22.4. The molecular weight excluding hydrogens is 538 g/mol. The number of fused-ring (bicyclic) bond motifs is 1. The average Bonchev–Trinajstić information content (AvgIpc) is 3.42. The van der Waals surface area contributed by atoms with Gasteiger partial charge >= 0.3 is 5.97 Å². The molecule has 2 unspecified atom stereocenters. The number of carboxylic acids is 1. The van der Waals surface area contributed by atoms with Crippen molar-refractivity contribution in [1.82, 2.24) is 20.5 Å². The second-order valence-corrected chi connectivity index (χ2v) is 9.85. The van der Waals surface area contributed by atoms with Crippen molar-refractivity contribution in [1.29, 1.82) is 5.26 Å². The van der Waals surface area contributed by atoms with Gasteiger partial charge in [-0.1, -0.05) is 5.16 Å². The highest BCUT2D eigenvalue weighted by Crippen LogP contribution is 2.40. The number of thioether (sulfide) groups is 1. The van der Waals surface area contributed by atoms with Crippen molar-refractivity contribution in [2.24, 2.45) is 5.16 Å². The molecule has 0 aromatic carbocycles. The number of aromatic amines is 1. The second-order valence-electron chi connectivity index (χ2n) is 8.75. The number of amides is 3. The maximum absolute atomic E-state index is 12.9. The first-order valence-electron chi connectivity index (χ1n) is 12.2. The van der Waals surface area contributed by atoms with Gasteiger partial charge in [0.05, 0.1) is 0 Å². The molecule has 3 amide bonds. The van der Waals surface area contributed by atoms with Crippen LogP contribution in [0, 0.1) is 11.5 Å². The van der Waals surface area contributed by atoms with Crippen molar-refractivity contribution in [3.63, 3.8) is 0 Å². The first kappa shape index (κ1) is 28.1. The standard InChI is InChI=1S/C26H25N7O6S/c1-3-39-31-15(2)23(35)30-21-24(36)33-22(26(37)38)18(13-40-25(21)33)12-32-8-6-16(7-9-32)17-10-19(28-11-17)4-5-20(34)29-14-27/h4-11,21,25H,3,12-13H2,1-2H3,(H3,29,30,34,35,37,38)/p+1/b5-4-,31-15?. The quantitative estimate of drug-likeness (QED) is 0.0620. The summed E-state index contributed by atoms with van der Waals surface area (Å²) in [4.78, 5) is 57.9. The number of H-pyrrole nitrogens is 1. The number of rotatable bonds is 10. The van der Waals surface area contributed by atoms with Crippen molar-refractivity contribution in [2.45, 2.75) is 31.8 Å². The number of nitrogens with one attached hydrogen (secondary N) is 3. The lowest BCUT2D eigenvalue weighted by Gasteiger charge is -2.49. The average molecular weight is 565 g/mol. The smallest absolute Gasteiger partial charge is 0.352 e. The summed E-state index contributed by atoms with van der Waals surface area (Å²) in [5, 5.41) is 26.2. The number of β-lactam (4-membered cyclic amide) rings is 1. The molecule has 2 atom stereocenters. The van der Waals surface area contributed by atoms with Crippen molar-refractivity contribution in [2.75, 3.05) is 12.4 Å². The van der Waals surface area contributed by atoms with Gasteiger partial charge in [-0.15, -0.1) is 11.8 Å². The Morgan fingerprint density at radius 3 is 2.77 bits per heavy atom. The minimum absolute atomic E-state index is 0.0683. The van der Waals surface area contributed by atoms with Crippen LogP contribution < -0.4 is 15.2 Å². The zero-order valence-electron chi connectivity index (χ0n) is 21.6. The van der Waals surface area contributed by atoms with Gasteiger partial charge in [-0.05, 0) is 31.6 Å². The van der Waals surface area contributed by atoms with Gasteiger partial charge in [-0.3, -0.25) is 24.6 Å². The topological polar surface area (TPSA) is 181 Å². The first-order chi connectivity index (χ1) is 19.2. The third kappa shape index (κ3) is 6.05. The summed E-state index contributed by atoms with van der Waals surface area (Å²) in [5.74, 6) is -2.40. The molecule has 1 fully saturated rings. The lowest BCUT2D eigenvalue weighted by Crippen LogP contribution is -2.71. The molecule has 206 valence electrons. The minimum atomic E-state index is -1.21. The van der Waals surface area contributed by atoms with Crippen LogP contribution in [0.4, 0.5) is 0 Å². The summed E-state index contributed by atoms with van der Waals surface area (Å²) in [6.45, 7) is 3.75. The van der Waals surface area contributed by atoms with E-state index in [0.29, 0.717) is 23.6 Å². The van der Waals surface area contributed by atoms with Crippen LogP contribution in [0.15, 0.2) is 59.3 Å². The van der Waals surface area contributed by atoms with E-state index in [9.17, 15) is 24.3 Å². The van der Waals surface area contributed by atoms with Gasteiger partial charge in [-0.25, -0.2) is 9.36 Å². The van der Waals surface area contributed by atoms with E-state index in [1.165, 1.54) is 29.7 Å². The molecule has 2 aromatic rings. The highest BCUT2D eigenvalue weighted by atomic mass is 32.2. The van der Waals surface area contributed by atoms with E-state index >= 15 is 0 Å². The molecule has 14 heteroatoms. The number of pyridine rings is 1. The molecule has 2 aliphatic rings. The number of carbonyl (C=O) groups is 4. The molecule has 4 heterocycles. The third-order valence-electron chi connectivity index (χ3n) is 6.09.